The van der Waals surface area contributed by atoms with E-state index in [1.54, 1.807) is 7.11 Å². The number of ether oxygens (including phenoxy) is 2. The number of benzene rings is 2. The van der Waals surface area contributed by atoms with Crippen LogP contribution in [0.5, 0.6) is 11.5 Å². The minimum Gasteiger partial charge on any atom is -0.496 e. The van der Waals surface area contributed by atoms with Gasteiger partial charge >= 0.3 is 0 Å². The maximum absolute atomic E-state index is 5.98. The van der Waals surface area contributed by atoms with E-state index >= 15 is 0 Å². The van der Waals surface area contributed by atoms with E-state index in [2.05, 4.69) is 50.9 Å². The number of hydrogen-bond acceptors (Lipinski definition) is 2. The summed E-state index contributed by atoms with van der Waals surface area (Å²) in [7, 11) is 1.66. The average molecular weight is 400 g/mol. The van der Waals surface area contributed by atoms with Crippen LogP contribution in [0.2, 0.25) is 0 Å². The lowest BCUT2D eigenvalue weighted by Gasteiger charge is -2.13. The highest BCUT2D eigenvalue weighted by atomic mass is 79.9. The van der Waals surface area contributed by atoms with Crippen LogP contribution in [0, 0.1) is 6.92 Å². The molecule has 0 unspecified atom stereocenters. The molecule has 0 atom stereocenters. The van der Waals surface area contributed by atoms with E-state index in [-0.39, 0.29) is 0 Å². The molecule has 20 heavy (non-hydrogen) atoms. The monoisotopic (exact) mass is 398 g/mol. The molecule has 0 radical (unpaired) electrons. The van der Waals surface area contributed by atoms with Crippen LogP contribution < -0.4 is 9.47 Å². The van der Waals surface area contributed by atoms with E-state index in [0.29, 0.717) is 6.61 Å². The Hall–Kier alpha value is -1.000. The normalized spacial score (nSPS) is 10.4. The van der Waals surface area contributed by atoms with Crippen LogP contribution in [0.4, 0.5) is 0 Å². The van der Waals surface area contributed by atoms with Gasteiger partial charge in [-0.05, 0) is 46.1 Å². The summed E-state index contributed by atoms with van der Waals surface area (Å²) in [4.78, 5) is 0. The fourth-order valence-electron chi connectivity index (χ4n) is 1.98. The molecular formula is C16H16Br2O2. The van der Waals surface area contributed by atoms with Gasteiger partial charge in [0.25, 0.3) is 0 Å². The molecular weight excluding hydrogens is 384 g/mol. The summed E-state index contributed by atoms with van der Waals surface area (Å²) in [6.07, 6.45) is 0. The summed E-state index contributed by atoms with van der Waals surface area (Å²) in [5.74, 6) is 1.78. The Morgan fingerprint density at radius 3 is 2.60 bits per heavy atom. The molecule has 0 aliphatic carbocycles. The van der Waals surface area contributed by atoms with E-state index in [1.165, 1.54) is 0 Å². The summed E-state index contributed by atoms with van der Waals surface area (Å²) in [5, 5.41) is 0.788. The molecule has 0 bridgehead atoms. The smallest absolute Gasteiger partial charge is 0.133 e. The van der Waals surface area contributed by atoms with Crippen LogP contribution in [0.25, 0.3) is 0 Å². The maximum Gasteiger partial charge on any atom is 0.133 e. The molecule has 0 saturated heterocycles. The van der Waals surface area contributed by atoms with Crippen molar-refractivity contribution in [2.45, 2.75) is 18.9 Å². The van der Waals surface area contributed by atoms with Crippen molar-refractivity contribution in [2.24, 2.45) is 0 Å². The number of rotatable bonds is 5. The number of alkyl halides is 1. The summed E-state index contributed by atoms with van der Waals surface area (Å²) in [6.45, 7) is 2.60. The Labute approximate surface area is 136 Å². The summed E-state index contributed by atoms with van der Waals surface area (Å²) >= 11 is 6.98. The van der Waals surface area contributed by atoms with Gasteiger partial charge in [0.2, 0.25) is 0 Å². The van der Waals surface area contributed by atoms with Crippen molar-refractivity contribution < 1.29 is 9.47 Å². The molecule has 2 aromatic rings. The second kappa shape index (κ2) is 7.14. The first-order valence-electron chi connectivity index (χ1n) is 6.25. The van der Waals surface area contributed by atoms with Gasteiger partial charge in [0.05, 0.1) is 11.6 Å². The first kappa shape index (κ1) is 15.4. The van der Waals surface area contributed by atoms with Crippen LogP contribution in [0.1, 0.15) is 16.7 Å². The Bertz CT molecular complexity index is 597. The van der Waals surface area contributed by atoms with Gasteiger partial charge < -0.3 is 9.47 Å². The lowest BCUT2D eigenvalue weighted by atomic mass is 10.1. The Morgan fingerprint density at radius 1 is 1.15 bits per heavy atom. The number of halogens is 2. The second-order valence-corrected chi connectivity index (χ2v) is 5.87. The molecule has 0 spiro atoms. The fourth-order valence-corrected chi connectivity index (χ4v) is 3.01. The highest BCUT2D eigenvalue weighted by Gasteiger charge is 2.07. The molecule has 2 nitrogen and oxygen atoms in total. The predicted octanol–water partition coefficient (Wildman–Crippen LogP) is 5.24. The summed E-state index contributed by atoms with van der Waals surface area (Å²) in [5.41, 5.74) is 3.41. The molecule has 2 rings (SSSR count). The van der Waals surface area contributed by atoms with Crippen LogP contribution >= 0.6 is 31.9 Å². The van der Waals surface area contributed by atoms with Crippen molar-refractivity contribution in [3.05, 3.63) is 57.6 Å². The van der Waals surface area contributed by atoms with Crippen molar-refractivity contribution in [1.29, 1.82) is 0 Å². The molecule has 106 valence electrons. The highest BCUT2D eigenvalue weighted by molar-refractivity contribution is 9.10. The van der Waals surface area contributed by atoms with Gasteiger partial charge in [0.1, 0.15) is 18.1 Å². The zero-order chi connectivity index (χ0) is 14.5. The first-order valence-corrected chi connectivity index (χ1v) is 8.17. The van der Waals surface area contributed by atoms with Gasteiger partial charge in [0.15, 0.2) is 0 Å². The van der Waals surface area contributed by atoms with Crippen LogP contribution in [0.15, 0.2) is 40.9 Å². The largest absolute Gasteiger partial charge is 0.496 e. The predicted molar refractivity (Wildman–Crippen MR) is 88.8 cm³/mol. The van der Waals surface area contributed by atoms with Gasteiger partial charge in [-0.3, -0.25) is 0 Å². The topological polar surface area (TPSA) is 18.5 Å². The molecule has 0 saturated carbocycles. The Morgan fingerprint density at radius 2 is 1.95 bits per heavy atom. The number of hydrogen-bond donors (Lipinski definition) is 0. The van der Waals surface area contributed by atoms with Gasteiger partial charge in [0, 0.05) is 10.9 Å². The van der Waals surface area contributed by atoms with Gasteiger partial charge in [-0.1, -0.05) is 40.2 Å². The van der Waals surface area contributed by atoms with Crippen molar-refractivity contribution >= 4 is 31.9 Å². The van der Waals surface area contributed by atoms with E-state index in [4.69, 9.17) is 9.47 Å². The second-order valence-electron chi connectivity index (χ2n) is 4.45. The minimum atomic E-state index is 0.535. The zero-order valence-electron chi connectivity index (χ0n) is 11.5. The lowest BCUT2D eigenvalue weighted by molar-refractivity contribution is 0.301. The molecule has 4 heteroatoms. The minimum absolute atomic E-state index is 0.535. The standard InChI is InChI=1S/C16H16Br2O2/c1-11-4-3-5-13(9-17)16(11)20-10-12-6-7-15(19-2)14(18)8-12/h3-8H,9-10H2,1-2H3. The molecule has 0 N–H and O–H groups in total. The van der Waals surface area contributed by atoms with Crippen molar-refractivity contribution in [3.8, 4) is 11.5 Å². The number of methoxy groups -OCH3 is 1. The molecule has 2 aromatic carbocycles. The number of para-hydroxylation sites is 1. The van der Waals surface area contributed by atoms with Gasteiger partial charge in [-0.15, -0.1) is 0 Å². The van der Waals surface area contributed by atoms with Crippen molar-refractivity contribution in [2.75, 3.05) is 7.11 Å². The molecule has 0 heterocycles. The van der Waals surface area contributed by atoms with E-state index in [1.807, 2.05) is 24.3 Å². The third-order valence-electron chi connectivity index (χ3n) is 3.04. The van der Waals surface area contributed by atoms with E-state index in [0.717, 1.165) is 38.0 Å². The Kier molecular flexibility index (Phi) is 5.49. The molecule has 0 aromatic heterocycles. The molecule has 0 aliphatic rings. The third kappa shape index (κ3) is 3.55. The average Bonchev–Trinajstić information content (AvgIpc) is 2.46. The van der Waals surface area contributed by atoms with Crippen LogP contribution in [-0.4, -0.2) is 7.11 Å². The van der Waals surface area contributed by atoms with Crippen LogP contribution in [0.3, 0.4) is 0 Å². The lowest BCUT2D eigenvalue weighted by Crippen LogP contribution is -2.00. The zero-order valence-corrected chi connectivity index (χ0v) is 14.6. The van der Waals surface area contributed by atoms with Crippen molar-refractivity contribution in [3.63, 3.8) is 0 Å². The SMILES string of the molecule is COc1ccc(COc2c(C)cccc2CBr)cc1Br. The highest BCUT2D eigenvalue weighted by Crippen LogP contribution is 2.28. The number of aryl methyl sites for hydroxylation is 1. The van der Waals surface area contributed by atoms with E-state index in [9.17, 15) is 0 Å². The van der Waals surface area contributed by atoms with Gasteiger partial charge in [-0.2, -0.15) is 0 Å². The first-order chi connectivity index (χ1) is 9.65. The summed E-state index contributed by atoms with van der Waals surface area (Å²) in [6, 6.07) is 12.1. The fraction of sp³-hybridized carbons (Fsp3) is 0.250. The van der Waals surface area contributed by atoms with E-state index < -0.39 is 0 Å². The molecule has 0 fully saturated rings. The molecule has 0 amide bonds. The third-order valence-corrected chi connectivity index (χ3v) is 4.26. The quantitative estimate of drug-likeness (QED) is 0.640. The van der Waals surface area contributed by atoms with Crippen LogP contribution in [-0.2, 0) is 11.9 Å². The maximum atomic E-state index is 5.98. The summed E-state index contributed by atoms with van der Waals surface area (Å²) < 4.78 is 12.1. The molecule has 0 aliphatic heterocycles. The van der Waals surface area contributed by atoms with Crippen molar-refractivity contribution in [1.82, 2.24) is 0 Å². The van der Waals surface area contributed by atoms with Gasteiger partial charge in [-0.25, -0.2) is 0 Å². The Balaban J connectivity index is 2.15.